The van der Waals surface area contributed by atoms with Gasteiger partial charge >= 0.3 is 0 Å². The van der Waals surface area contributed by atoms with Gasteiger partial charge in [-0.2, -0.15) is 5.10 Å². The lowest BCUT2D eigenvalue weighted by Gasteiger charge is -2.06. The van der Waals surface area contributed by atoms with Crippen molar-refractivity contribution in [2.75, 3.05) is 0 Å². The zero-order valence-electron chi connectivity index (χ0n) is 15.0. The van der Waals surface area contributed by atoms with Crippen molar-refractivity contribution < 1.29 is 0 Å². The van der Waals surface area contributed by atoms with Crippen LogP contribution in [0, 0.1) is 6.92 Å². The fraction of sp³-hybridized carbons (Fsp3) is 0.0870. The maximum absolute atomic E-state index is 4.84. The van der Waals surface area contributed by atoms with Crippen molar-refractivity contribution in [3.63, 3.8) is 0 Å². The van der Waals surface area contributed by atoms with Crippen LogP contribution in [0.1, 0.15) is 16.8 Å². The number of fused-ring (bicyclic) bond motifs is 2. The lowest BCUT2D eigenvalue weighted by atomic mass is 10.1. The van der Waals surface area contributed by atoms with Gasteiger partial charge in [-0.25, -0.2) is 9.50 Å². The van der Waals surface area contributed by atoms with E-state index < -0.39 is 0 Å². The molecule has 0 spiro atoms. The van der Waals surface area contributed by atoms with Crippen molar-refractivity contribution in [1.29, 1.82) is 0 Å². The molecule has 0 saturated heterocycles. The molecule has 0 amide bonds. The summed E-state index contributed by atoms with van der Waals surface area (Å²) in [7, 11) is 0. The third-order valence-corrected chi connectivity index (χ3v) is 4.83. The van der Waals surface area contributed by atoms with Crippen LogP contribution in [0.5, 0.6) is 0 Å². The number of imidazole rings is 1. The quantitative estimate of drug-likeness (QED) is 0.467. The number of benzene rings is 2. The summed E-state index contributed by atoms with van der Waals surface area (Å²) in [4.78, 5) is 8.90. The summed E-state index contributed by atoms with van der Waals surface area (Å²) in [5.74, 6) is 0. The summed E-state index contributed by atoms with van der Waals surface area (Å²) < 4.78 is 1.95. The molecule has 2 aromatic carbocycles. The van der Waals surface area contributed by atoms with Gasteiger partial charge in [-0.1, -0.05) is 42.0 Å². The highest BCUT2D eigenvalue weighted by Gasteiger charge is 2.08. The zero-order valence-corrected chi connectivity index (χ0v) is 15.0. The van der Waals surface area contributed by atoms with Gasteiger partial charge in [0.05, 0.1) is 23.1 Å². The van der Waals surface area contributed by atoms with E-state index >= 15 is 0 Å². The first-order valence-electron chi connectivity index (χ1n) is 9.01. The summed E-state index contributed by atoms with van der Waals surface area (Å²) >= 11 is 0. The average molecular weight is 350 g/mol. The summed E-state index contributed by atoms with van der Waals surface area (Å²) in [6.07, 6.45) is 4.51. The molecule has 130 valence electrons. The highest BCUT2D eigenvalue weighted by molar-refractivity contribution is 5.79. The molecular weight excluding hydrogens is 332 g/mol. The predicted octanol–water partition coefficient (Wildman–Crippen LogP) is 4.84. The number of pyridine rings is 1. The normalized spacial score (nSPS) is 11.3. The summed E-state index contributed by atoms with van der Waals surface area (Å²) in [5.41, 5.74) is 7.47. The second kappa shape index (κ2) is 6.32. The van der Waals surface area contributed by atoms with Crippen LogP contribution in [0.25, 0.3) is 27.8 Å². The van der Waals surface area contributed by atoms with E-state index in [1.807, 2.05) is 35.1 Å². The summed E-state index contributed by atoms with van der Waals surface area (Å²) in [6, 6.07) is 22.9. The molecule has 0 aliphatic rings. The molecule has 0 atom stereocenters. The fourth-order valence-electron chi connectivity index (χ4n) is 3.36. The van der Waals surface area contributed by atoms with Crippen LogP contribution < -0.4 is 0 Å². The Balaban J connectivity index is 1.54. The highest BCUT2D eigenvalue weighted by Crippen LogP contribution is 2.20. The molecule has 0 fully saturated rings. The SMILES string of the molecule is Cc1ccc(-c2ccc3ncc(Cc4ccc5ncccc5c4)n3n2)cc1. The van der Waals surface area contributed by atoms with E-state index in [0.717, 1.165) is 39.9 Å². The van der Waals surface area contributed by atoms with Crippen LogP contribution in [-0.2, 0) is 6.42 Å². The van der Waals surface area contributed by atoms with Crippen molar-refractivity contribution in [3.8, 4) is 11.3 Å². The number of hydrogen-bond acceptors (Lipinski definition) is 3. The largest absolute Gasteiger partial charge is 0.256 e. The molecule has 0 aliphatic heterocycles. The van der Waals surface area contributed by atoms with E-state index in [1.54, 1.807) is 0 Å². The molecule has 3 aromatic heterocycles. The second-order valence-corrected chi connectivity index (χ2v) is 6.81. The monoisotopic (exact) mass is 350 g/mol. The standard InChI is InChI=1S/C23H18N4/c1-16-4-7-18(8-5-16)22-10-11-23-25-15-20(27(23)26-22)14-17-6-9-21-19(13-17)3-2-12-24-21/h2-13,15H,14H2,1H3. The third-order valence-electron chi connectivity index (χ3n) is 4.83. The molecule has 0 aliphatic carbocycles. The number of nitrogens with zero attached hydrogens (tertiary/aromatic N) is 4. The molecule has 4 heteroatoms. The molecule has 5 aromatic rings. The van der Waals surface area contributed by atoms with Gasteiger partial charge in [-0.05, 0) is 42.8 Å². The van der Waals surface area contributed by atoms with Gasteiger partial charge in [-0.3, -0.25) is 4.98 Å². The molecule has 27 heavy (non-hydrogen) atoms. The minimum atomic E-state index is 0.774. The Morgan fingerprint density at radius 1 is 0.889 bits per heavy atom. The van der Waals surface area contributed by atoms with Gasteiger partial charge in [0.2, 0.25) is 0 Å². The lowest BCUT2D eigenvalue weighted by Crippen LogP contribution is -2.00. The van der Waals surface area contributed by atoms with E-state index in [-0.39, 0.29) is 0 Å². The first kappa shape index (κ1) is 15.7. The number of rotatable bonds is 3. The van der Waals surface area contributed by atoms with E-state index in [9.17, 15) is 0 Å². The molecule has 0 bridgehead atoms. The van der Waals surface area contributed by atoms with Gasteiger partial charge in [0.25, 0.3) is 0 Å². The zero-order chi connectivity index (χ0) is 18.2. The van der Waals surface area contributed by atoms with Gasteiger partial charge in [0.15, 0.2) is 5.65 Å². The Kier molecular flexibility index (Phi) is 3.68. The van der Waals surface area contributed by atoms with Crippen molar-refractivity contribution in [2.24, 2.45) is 0 Å². The van der Waals surface area contributed by atoms with Crippen molar-refractivity contribution in [2.45, 2.75) is 13.3 Å². The molecule has 0 saturated carbocycles. The molecule has 0 N–H and O–H groups in total. The molecule has 0 unspecified atom stereocenters. The van der Waals surface area contributed by atoms with E-state index in [1.165, 1.54) is 11.1 Å². The Morgan fingerprint density at radius 2 is 1.78 bits per heavy atom. The Bertz CT molecular complexity index is 1250. The van der Waals surface area contributed by atoms with Crippen LogP contribution in [0.2, 0.25) is 0 Å². The van der Waals surface area contributed by atoms with Gasteiger partial charge in [0, 0.05) is 23.6 Å². The number of hydrogen-bond donors (Lipinski definition) is 0. The van der Waals surface area contributed by atoms with Crippen molar-refractivity contribution in [3.05, 3.63) is 95.9 Å². The van der Waals surface area contributed by atoms with Gasteiger partial charge in [0.1, 0.15) is 0 Å². The third kappa shape index (κ3) is 2.95. The minimum absolute atomic E-state index is 0.774. The van der Waals surface area contributed by atoms with Crippen LogP contribution >= 0.6 is 0 Å². The highest BCUT2D eigenvalue weighted by atomic mass is 15.3. The Labute approximate surface area is 157 Å². The van der Waals surface area contributed by atoms with Gasteiger partial charge < -0.3 is 0 Å². The summed E-state index contributed by atoms with van der Waals surface area (Å²) in [6.45, 7) is 2.09. The van der Waals surface area contributed by atoms with E-state index in [2.05, 4.69) is 65.4 Å². The molecule has 5 rings (SSSR count). The Hall–Kier alpha value is -3.53. The van der Waals surface area contributed by atoms with E-state index in [4.69, 9.17) is 5.10 Å². The second-order valence-electron chi connectivity index (χ2n) is 6.81. The maximum atomic E-state index is 4.84. The molecule has 4 nitrogen and oxygen atoms in total. The average Bonchev–Trinajstić information content (AvgIpc) is 3.10. The van der Waals surface area contributed by atoms with Crippen LogP contribution in [-0.4, -0.2) is 19.6 Å². The maximum Gasteiger partial charge on any atom is 0.153 e. The first-order valence-corrected chi connectivity index (χ1v) is 9.01. The topological polar surface area (TPSA) is 43.1 Å². The van der Waals surface area contributed by atoms with Gasteiger partial charge in [-0.15, -0.1) is 0 Å². The number of aromatic nitrogens is 4. The number of aryl methyl sites for hydroxylation is 1. The smallest absolute Gasteiger partial charge is 0.153 e. The van der Waals surface area contributed by atoms with Crippen LogP contribution in [0.15, 0.2) is 79.1 Å². The first-order chi connectivity index (χ1) is 13.3. The van der Waals surface area contributed by atoms with E-state index in [0.29, 0.717) is 0 Å². The predicted molar refractivity (Wildman–Crippen MR) is 108 cm³/mol. The molecular formula is C23H18N4. The lowest BCUT2D eigenvalue weighted by molar-refractivity contribution is 0.876. The van der Waals surface area contributed by atoms with Crippen LogP contribution in [0.4, 0.5) is 0 Å². The van der Waals surface area contributed by atoms with Crippen molar-refractivity contribution in [1.82, 2.24) is 19.6 Å². The van der Waals surface area contributed by atoms with Crippen molar-refractivity contribution >= 4 is 16.6 Å². The molecule has 0 radical (unpaired) electrons. The van der Waals surface area contributed by atoms with Crippen LogP contribution in [0.3, 0.4) is 0 Å². The minimum Gasteiger partial charge on any atom is -0.256 e. The summed E-state index contributed by atoms with van der Waals surface area (Å²) in [5, 5.41) is 5.99. The Morgan fingerprint density at radius 3 is 2.67 bits per heavy atom. The fourth-order valence-corrected chi connectivity index (χ4v) is 3.36. The molecule has 3 heterocycles.